The first-order valence-electron chi connectivity index (χ1n) is 9.63. The lowest BCUT2D eigenvalue weighted by Gasteiger charge is -2.19. The summed E-state index contributed by atoms with van der Waals surface area (Å²) in [6.07, 6.45) is 0. The first kappa shape index (κ1) is 21.2. The third-order valence-corrected chi connectivity index (χ3v) is 6.03. The van der Waals surface area contributed by atoms with E-state index < -0.39 is 16.0 Å². The van der Waals surface area contributed by atoms with Crippen LogP contribution in [0.3, 0.4) is 0 Å². The van der Waals surface area contributed by atoms with Crippen LogP contribution in [0.1, 0.15) is 21.5 Å². The van der Waals surface area contributed by atoms with E-state index in [1.54, 1.807) is 30.3 Å². The molecule has 3 aromatic rings. The molecule has 1 aliphatic heterocycles. The standard InChI is InChI=1S/C23H18N2O6S/c24-14-16-1-3-17(4-2-16)15-31-23(26)18-5-7-19(8-6-18)25-32(27,28)20-9-10-21-22(13-20)30-12-11-29-21/h1-10,13,25H,11-12,15H2. The second-order valence-corrected chi connectivity index (χ2v) is 8.56. The summed E-state index contributed by atoms with van der Waals surface area (Å²) in [4.78, 5) is 12.3. The van der Waals surface area contributed by atoms with E-state index in [-0.39, 0.29) is 17.1 Å². The molecular weight excluding hydrogens is 432 g/mol. The summed E-state index contributed by atoms with van der Waals surface area (Å²) in [6, 6.07) is 19.0. The van der Waals surface area contributed by atoms with Gasteiger partial charge in [0, 0.05) is 11.8 Å². The van der Waals surface area contributed by atoms with Crippen molar-refractivity contribution in [3.63, 3.8) is 0 Å². The van der Waals surface area contributed by atoms with Gasteiger partial charge in [0.15, 0.2) is 11.5 Å². The second kappa shape index (κ2) is 8.99. The van der Waals surface area contributed by atoms with E-state index in [0.29, 0.717) is 36.0 Å². The van der Waals surface area contributed by atoms with Crippen molar-refractivity contribution in [1.82, 2.24) is 0 Å². The van der Waals surface area contributed by atoms with Crippen molar-refractivity contribution < 1.29 is 27.4 Å². The van der Waals surface area contributed by atoms with Crippen LogP contribution in [0.2, 0.25) is 0 Å². The van der Waals surface area contributed by atoms with Crippen molar-refractivity contribution in [2.24, 2.45) is 0 Å². The number of sulfonamides is 1. The molecule has 1 N–H and O–H groups in total. The van der Waals surface area contributed by atoms with E-state index in [9.17, 15) is 13.2 Å². The van der Waals surface area contributed by atoms with E-state index in [0.717, 1.165) is 5.56 Å². The summed E-state index contributed by atoms with van der Waals surface area (Å²) >= 11 is 0. The molecule has 0 saturated carbocycles. The molecule has 0 aromatic heterocycles. The summed E-state index contributed by atoms with van der Waals surface area (Å²) in [5.74, 6) is 0.328. The van der Waals surface area contributed by atoms with Gasteiger partial charge in [-0.3, -0.25) is 4.72 Å². The van der Waals surface area contributed by atoms with Crippen LogP contribution < -0.4 is 14.2 Å². The zero-order valence-corrected chi connectivity index (χ0v) is 17.6. The van der Waals surface area contributed by atoms with Gasteiger partial charge in [-0.25, -0.2) is 13.2 Å². The number of nitrogens with one attached hydrogen (secondary N) is 1. The summed E-state index contributed by atoms with van der Waals surface area (Å²) in [7, 11) is -3.86. The highest BCUT2D eigenvalue weighted by molar-refractivity contribution is 7.92. The Morgan fingerprint density at radius 3 is 2.34 bits per heavy atom. The van der Waals surface area contributed by atoms with Gasteiger partial charge in [-0.2, -0.15) is 5.26 Å². The number of nitrogens with zero attached hydrogens (tertiary/aromatic N) is 1. The SMILES string of the molecule is N#Cc1ccc(COC(=O)c2ccc(NS(=O)(=O)c3ccc4c(c3)OCCO4)cc2)cc1. The van der Waals surface area contributed by atoms with E-state index >= 15 is 0 Å². The number of benzene rings is 3. The predicted octanol–water partition coefficient (Wildman–Crippen LogP) is 3.49. The molecule has 32 heavy (non-hydrogen) atoms. The van der Waals surface area contributed by atoms with Crippen LogP contribution in [-0.2, 0) is 21.4 Å². The fraction of sp³-hybridized carbons (Fsp3) is 0.130. The highest BCUT2D eigenvalue weighted by atomic mass is 32.2. The highest BCUT2D eigenvalue weighted by Gasteiger charge is 2.19. The maximum absolute atomic E-state index is 12.7. The van der Waals surface area contributed by atoms with Crippen LogP contribution in [0.25, 0.3) is 0 Å². The van der Waals surface area contributed by atoms with Crippen LogP contribution in [0.5, 0.6) is 11.5 Å². The molecule has 0 aliphatic carbocycles. The minimum atomic E-state index is -3.86. The summed E-state index contributed by atoms with van der Waals surface area (Å²) in [5, 5.41) is 8.81. The average molecular weight is 450 g/mol. The molecule has 9 heteroatoms. The first-order valence-corrected chi connectivity index (χ1v) is 11.1. The number of anilines is 1. The number of carbonyl (C=O) groups is 1. The summed E-state index contributed by atoms with van der Waals surface area (Å²) < 4.78 is 44.0. The molecule has 162 valence electrons. The molecule has 0 fully saturated rings. The largest absolute Gasteiger partial charge is 0.486 e. The van der Waals surface area contributed by atoms with Gasteiger partial charge in [0.05, 0.1) is 22.1 Å². The Bertz CT molecular complexity index is 1280. The molecule has 4 rings (SSSR count). The fourth-order valence-electron chi connectivity index (χ4n) is 2.99. The number of carbonyl (C=O) groups excluding carboxylic acids is 1. The zero-order chi connectivity index (χ0) is 22.6. The minimum Gasteiger partial charge on any atom is -0.486 e. The molecule has 0 radical (unpaired) electrons. The molecule has 1 heterocycles. The van der Waals surface area contributed by atoms with Gasteiger partial charge < -0.3 is 14.2 Å². The van der Waals surface area contributed by atoms with E-state index in [1.165, 1.54) is 36.4 Å². The number of fused-ring (bicyclic) bond motifs is 1. The Balaban J connectivity index is 1.39. The Morgan fingerprint density at radius 2 is 1.66 bits per heavy atom. The quantitative estimate of drug-likeness (QED) is 0.572. The number of hydrogen-bond acceptors (Lipinski definition) is 7. The van der Waals surface area contributed by atoms with Crippen LogP contribution in [0, 0.1) is 11.3 Å². The van der Waals surface area contributed by atoms with Crippen molar-refractivity contribution in [1.29, 1.82) is 5.26 Å². The summed E-state index contributed by atoms with van der Waals surface area (Å²) in [5.41, 5.74) is 1.85. The normalized spacial score (nSPS) is 12.5. The lowest BCUT2D eigenvalue weighted by atomic mass is 10.1. The Hall–Kier alpha value is -4.03. The minimum absolute atomic E-state index is 0.0349. The van der Waals surface area contributed by atoms with Gasteiger partial charge in [0.1, 0.15) is 19.8 Å². The number of rotatable bonds is 6. The maximum Gasteiger partial charge on any atom is 0.338 e. The van der Waals surface area contributed by atoms with Crippen molar-refractivity contribution in [3.05, 3.63) is 83.4 Å². The lowest BCUT2D eigenvalue weighted by Crippen LogP contribution is -2.17. The average Bonchev–Trinajstić information content (AvgIpc) is 2.82. The monoisotopic (exact) mass is 450 g/mol. The Labute approximate surface area is 185 Å². The number of nitriles is 1. The molecule has 0 amide bonds. The zero-order valence-electron chi connectivity index (χ0n) is 16.8. The lowest BCUT2D eigenvalue weighted by molar-refractivity contribution is 0.0472. The van der Waals surface area contributed by atoms with Crippen LogP contribution >= 0.6 is 0 Å². The van der Waals surface area contributed by atoms with Crippen molar-refractivity contribution >= 4 is 21.7 Å². The van der Waals surface area contributed by atoms with E-state index in [1.807, 2.05) is 6.07 Å². The van der Waals surface area contributed by atoms with Crippen molar-refractivity contribution in [3.8, 4) is 17.6 Å². The molecule has 3 aromatic carbocycles. The van der Waals surface area contributed by atoms with E-state index in [2.05, 4.69) is 4.72 Å². The Kier molecular flexibility index (Phi) is 5.96. The molecule has 0 spiro atoms. The smallest absolute Gasteiger partial charge is 0.338 e. The van der Waals surface area contributed by atoms with Gasteiger partial charge >= 0.3 is 5.97 Å². The van der Waals surface area contributed by atoms with Gasteiger partial charge in [-0.15, -0.1) is 0 Å². The fourth-order valence-corrected chi connectivity index (χ4v) is 4.06. The molecule has 0 atom stereocenters. The van der Waals surface area contributed by atoms with E-state index in [4.69, 9.17) is 19.5 Å². The molecule has 0 bridgehead atoms. The van der Waals surface area contributed by atoms with Crippen LogP contribution in [0.4, 0.5) is 5.69 Å². The number of hydrogen-bond donors (Lipinski definition) is 1. The molecule has 1 aliphatic rings. The second-order valence-electron chi connectivity index (χ2n) is 6.87. The number of ether oxygens (including phenoxy) is 3. The molecule has 8 nitrogen and oxygen atoms in total. The predicted molar refractivity (Wildman–Crippen MR) is 115 cm³/mol. The number of esters is 1. The van der Waals surface area contributed by atoms with Crippen LogP contribution in [0.15, 0.2) is 71.6 Å². The summed E-state index contributed by atoms with van der Waals surface area (Å²) in [6.45, 7) is 0.829. The highest BCUT2D eigenvalue weighted by Crippen LogP contribution is 2.32. The third kappa shape index (κ3) is 4.82. The molecule has 0 saturated heterocycles. The van der Waals surface area contributed by atoms with Crippen LogP contribution in [-0.4, -0.2) is 27.6 Å². The Morgan fingerprint density at radius 1 is 0.969 bits per heavy atom. The van der Waals surface area contributed by atoms with Crippen molar-refractivity contribution in [2.45, 2.75) is 11.5 Å². The maximum atomic E-state index is 12.7. The van der Waals surface area contributed by atoms with Gasteiger partial charge in [-0.05, 0) is 54.1 Å². The first-order chi connectivity index (χ1) is 15.4. The van der Waals surface area contributed by atoms with Gasteiger partial charge in [0.2, 0.25) is 0 Å². The van der Waals surface area contributed by atoms with Crippen molar-refractivity contribution in [2.75, 3.05) is 17.9 Å². The topological polar surface area (TPSA) is 115 Å². The van der Waals surface area contributed by atoms with Gasteiger partial charge in [0.25, 0.3) is 10.0 Å². The third-order valence-electron chi connectivity index (χ3n) is 4.65. The molecule has 0 unspecified atom stereocenters. The van der Waals surface area contributed by atoms with Gasteiger partial charge in [-0.1, -0.05) is 12.1 Å². The molecular formula is C23H18N2O6S.